The van der Waals surface area contributed by atoms with E-state index in [1.165, 1.54) is 0 Å². The molecule has 0 saturated heterocycles. The van der Waals surface area contributed by atoms with Gasteiger partial charge in [-0.1, -0.05) is 17.7 Å². The van der Waals surface area contributed by atoms with E-state index in [1.54, 1.807) is 31.1 Å². The van der Waals surface area contributed by atoms with E-state index in [9.17, 15) is 9.90 Å². The molecule has 0 fully saturated rings. The quantitative estimate of drug-likeness (QED) is 0.829. The number of nitrogens with zero attached hydrogens (tertiary/aromatic N) is 1. The zero-order chi connectivity index (χ0) is 12.1. The maximum Gasteiger partial charge on any atom is 0.239 e. The lowest BCUT2D eigenvalue weighted by atomic mass is 10.1. The van der Waals surface area contributed by atoms with Gasteiger partial charge < -0.3 is 15.3 Å². The number of benzene rings is 1. The first-order valence-corrected chi connectivity index (χ1v) is 5.28. The van der Waals surface area contributed by atoms with Crippen LogP contribution >= 0.6 is 11.6 Å². The molecule has 1 rings (SSSR count). The molecule has 0 heterocycles. The van der Waals surface area contributed by atoms with Gasteiger partial charge in [0.05, 0.1) is 13.2 Å². The Bertz CT molecular complexity index is 382. The van der Waals surface area contributed by atoms with Gasteiger partial charge in [0, 0.05) is 30.4 Å². The van der Waals surface area contributed by atoms with Gasteiger partial charge in [0.1, 0.15) is 0 Å². The number of anilines is 1. The van der Waals surface area contributed by atoms with Crippen LogP contribution in [-0.2, 0) is 11.4 Å². The number of likely N-dealkylation sites (N-methyl/N-ethyl adjacent to an activating group) is 2. The molecular formula is C11H15ClN2O2. The van der Waals surface area contributed by atoms with E-state index in [2.05, 4.69) is 5.32 Å². The lowest BCUT2D eigenvalue weighted by Gasteiger charge is -2.21. The van der Waals surface area contributed by atoms with Crippen LogP contribution in [0, 0.1) is 0 Å². The van der Waals surface area contributed by atoms with Crippen molar-refractivity contribution in [2.24, 2.45) is 0 Å². The SMILES string of the molecule is CNC(=O)CN(C)c1cccc(Cl)c1CO. The summed E-state index contributed by atoms with van der Waals surface area (Å²) in [6.45, 7) is 0.0803. The van der Waals surface area contributed by atoms with E-state index in [4.69, 9.17) is 11.6 Å². The Morgan fingerprint density at radius 2 is 2.25 bits per heavy atom. The largest absolute Gasteiger partial charge is 0.392 e. The van der Waals surface area contributed by atoms with Gasteiger partial charge in [-0.25, -0.2) is 0 Å². The molecule has 0 saturated carbocycles. The van der Waals surface area contributed by atoms with Crippen molar-refractivity contribution in [1.29, 1.82) is 0 Å². The first kappa shape index (κ1) is 12.8. The Morgan fingerprint density at radius 1 is 1.56 bits per heavy atom. The highest BCUT2D eigenvalue weighted by Crippen LogP contribution is 2.26. The van der Waals surface area contributed by atoms with Crippen molar-refractivity contribution in [3.05, 3.63) is 28.8 Å². The van der Waals surface area contributed by atoms with Crippen molar-refractivity contribution < 1.29 is 9.90 Å². The minimum atomic E-state index is -0.146. The molecule has 16 heavy (non-hydrogen) atoms. The van der Waals surface area contributed by atoms with Gasteiger partial charge in [0.15, 0.2) is 0 Å². The second-order valence-electron chi connectivity index (χ2n) is 3.42. The van der Waals surface area contributed by atoms with E-state index < -0.39 is 0 Å². The Labute approximate surface area is 99.8 Å². The molecular weight excluding hydrogens is 228 g/mol. The summed E-state index contributed by atoms with van der Waals surface area (Å²) >= 11 is 5.96. The lowest BCUT2D eigenvalue weighted by molar-refractivity contribution is -0.119. The van der Waals surface area contributed by atoms with Crippen LogP contribution in [-0.4, -0.2) is 31.7 Å². The fourth-order valence-electron chi connectivity index (χ4n) is 1.44. The van der Waals surface area contributed by atoms with Crippen LogP contribution in [0.15, 0.2) is 18.2 Å². The molecule has 0 aliphatic heterocycles. The van der Waals surface area contributed by atoms with Crippen molar-refractivity contribution in [3.63, 3.8) is 0 Å². The molecule has 0 aliphatic rings. The molecule has 2 N–H and O–H groups in total. The molecule has 1 aromatic carbocycles. The molecule has 0 radical (unpaired) electrons. The number of amides is 1. The maximum absolute atomic E-state index is 11.2. The highest BCUT2D eigenvalue weighted by Gasteiger charge is 2.12. The molecule has 0 aromatic heterocycles. The number of hydrogen-bond acceptors (Lipinski definition) is 3. The van der Waals surface area contributed by atoms with Crippen molar-refractivity contribution in [2.75, 3.05) is 25.5 Å². The van der Waals surface area contributed by atoms with Gasteiger partial charge in [0.2, 0.25) is 5.91 Å². The zero-order valence-electron chi connectivity index (χ0n) is 9.33. The Morgan fingerprint density at radius 3 is 2.81 bits per heavy atom. The maximum atomic E-state index is 11.2. The first-order valence-electron chi connectivity index (χ1n) is 4.90. The molecule has 0 unspecified atom stereocenters. The number of nitrogens with one attached hydrogen (secondary N) is 1. The summed E-state index contributed by atoms with van der Waals surface area (Å²) in [7, 11) is 3.36. The molecule has 5 heteroatoms. The van der Waals surface area contributed by atoms with Crippen LogP contribution < -0.4 is 10.2 Å². The third-order valence-corrected chi connectivity index (χ3v) is 2.68. The normalized spacial score (nSPS) is 10.0. The third-order valence-electron chi connectivity index (χ3n) is 2.32. The van der Waals surface area contributed by atoms with Crippen LogP contribution in [0.5, 0.6) is 0 Å². The van der Waals surface area contributed by atoms with Crippen LogP contribution in [0.3, 0.4) is 0 Å². The smallest absolute Gasteiger partial charge is 0.239 e. The number of rotatable bonds is 4. The molecule has 0 aliphatic carbocycles. The standard InChI is InChI=1S/C11H15ClN2O2/c1-13-11(16)6-14(2)10-5-3-4-9(12)8(10)7-15/h3-5,15H,6-7H2,1-2H3,(H,13,16). The monoisotopic (exact) mass is 242 g/mol. The van der Waals surface area contributed by atoms with Gasteiger partial charge in [-0.15, -0.1) is 0 Å². The second-order valence-corrected chi connectivity index (χ2v) is 3.83. The van der Waals surface area contributed by atoms with Crippen molar-refractivity contribution in [2.45, 2.75) is 6.61 Å². The molecule has 0 spiro atoms. The summed E-state index contributed by atoms with van der Waals surface area (Å²) in [5, 5.41) is 12.3. The average Bonchev–Trinajstić information content (AvgIpc) is 2.28. The lowest BCUT2D eigenvalue weighted by Crippen LogP contribution is -2.33. The molecule has 0 bridgehead atoms. The van der Waals surface area contributed by atoms with Crippen molar-refractivity contribution in [3.8, 4) is 0 Å². The van der Waals surface area contributed by atoms with Gasteiger partial charge >= 0.3 is 0 Å². The topological polar surface area (TPSA) is 52.6 Å². The van der Waals surface area contributed by atoms with Gasteiger partial charge in [-0.05, 0) is 12.1 Å². The Hall–Kier alpha value is -1.26. The number of carbonyl (C=O) groups is 1. The predicted octanol–water partition coefficient (Wildman–Crippen LogP) is 1.01. The summed E-state index contributed by atoms with van der Waals surface area (Å²) in [6.07, 6.45) is 0. The van der Waals surface area contributed by atoms with Crippen molar-refractivity contribution >= 4 is 23.2 Å². The van der Waals surface area contributed by atoms with Gasteiger partial charge in [-0.3, -0.25) is 4.79 Å². The van der Waals surface area contributed by atoms with Crippen LogP contribution in [0.4, 0.5) is 5.69 Å². The number of carbonyl (C=O) groups excluding carboxylic acids is 1. The van der Waals surface area contributed by atoms with Crippen LogP contribution in [0.1, 0.15) is 5.56 Å². The summed E-state index contributed by atoms with van der Waals surface area (Å²) < 4.78 is 0. The zero-order valence-corrected chi connectivity index (χ0v) is 10.1. The minimum Gasteiger partial charge on any atom is -0.392 e. The van der Waals surface area contributed by atoms with Gasteiger partial charge in [-0.2, -0.15) is 0 Å². The highest BCUT2D eigenvalue weighted by molar-refractivity contribution is 6.31. The van der Waals surface area contributed by atoms with Gasteiger partial charge in [0.25, 0.3) is 0 Å². The Kier molecular flexibility index (Phi) is 4.58. The summed E-state index contributed by atoms with van der Waals surface area (Å²) in [4.78, 5) is 13.0. The van der Waals surface area contributed by atoms with E-state index >= 15 is 0 Å². The fourth-order valence-corrected chi connectivity index (χ4v) is 1.67. The molecule has 1 amide bonds. The third kappa shape index (κ3) is 2.87. The summed E-state index contributed by atoms with van der Waals surface area (Å²) in [5.74, 6) is -0.0913. The number of aliphatic hydroxyl groups excluding tert-OH is 1. The first-order chi connectivity index (χ1) is 7.60. The number of hydrogen-bond donors (Lipinski definition) is 2. The fraction of sp³-hybridized carbons (Fsp3) is 0.364. The predicted molar refractivity (Wildman–Crippen MR) is 64.7 cm³/mol. The van der Waals surface area contributed by atoms with Crippen LogP contribution in [0.25, 0.3) is 0 Å². The number of aliphatic hydroxyl groups is 1. The average molecular weight is 243 g/mol. The molecule has 88 valence electrons. The second kappa shape index (κ2) is 5.72. The Balaban J connectivity index is 2.94. The minimum absolute atomic E-state index is 0.0913. The van der Waals surface area contributed by atoms with E-state index in [-0.39, 0.29) is 19.1 Å². The number of halogens is 1. The molecule has 1 aromatic rings. The molecule has 0 atom stereocenters. The highest BCUT2D eigenvalue weighted by atomic mass is 35.5. The van der Waals surface area contributed by atoms with E-state index in [0.717, 1.165) is 5.69 Å². The van der Waals surface area contributed by atoms with E-state index in [1.807, 2.05) is 6.07 Å². The van der Waals surface area contributed by atoms with E-state index in [0.29, 0.717) is 10.6 Å². The van der Waals surface area contributed by atoms with Crippen molar-refractivity contribution in [1.82, 2.24) is 5.32 Å². The van der Waals surface area contributed by atoms with Crippen LogP contribution in [0.2, 0.25) is 5.02 Å². The molecule has 4 nitrogen and oxygen atoms in total. The summed E-state index contributed by atoms with van der Waals surface area (Å²) in [5.41, 5.74) is 1.40. The summed E-state index contributed by atoms with van der Waals surface area (Å²) in [6, 6.07) is 5.32.